The highest BCUT2D eigenvalue weighted by Crippen LogP contribution is 2.17. The largest absolute Gasteiger partial charge is 0.465 e. The molecule has 6 atom stereocenters. The van der Waals surface area contributed by atoms with E-state index in [1.807, 2.05) is 13.8 Å². The minimum absolute atomic E-state index is 0.117. The van der Waals surface area contributed by atoms with E-state index in [0.717, 1.165) is 19.3 Å². The summed E-state index contributed by atoms with van der Waals surface area (Å²) >= 11 is 0. The number of ether oxygens (including phenoxy) is 2. The average molecular weight is 585 g/mol. The Labute approximate surface area is 246 Å². The molecule has 0 aliphatic carbocycles. The van der Waals surface area contributed by atoms with Crippen molar-refractivity contribution in [2.24, 2.45) is 11.8 Å². The first-order valence-electron chi connectivity index (χ1n) is 15.6. The molecule has 2 unspecified atom stereocenters. The number of hydrogen-bond donors (Lipinski definition) is 5. The fraction of sp³-hybridized carbons (Fsp3) is 0.839. The average Bonchev–Trinajstić information content (AvgIpc) is 3.13. The summed E-state index contributed by atoms with van der Waals surface area (Å²) in [5.74, 6) is -2.02. The summed E-state index contributed by atoms with van der Waals surface area (Å²) in [6.07, 6.45) is 10.5. The van der Waals surface area contributed by atoms with Crippen LogP contribution in [0.2, 0.25) is 0 Å². The molecule has 1 aliphatic rings. The highest BCUT2D eigenvalue weighted by Gasteiger charge is 2.38. The Hall–Kier alpha value is -2.01. The van der Waals surface area contributed by atoms with Crippen molar-refractivity contribution in [2.45, 2.75) is 135 Å². The van der Waals surface area contributed by atoms with E-state index in [0.29, 0.717) is 13.0 Å². The molecule has 0 spiro atoms. The number of carbonyl (C=O) groups excluding carboxylic acids is 3. The monoisotopic (exact) mass is 584 g/mol. The smallest absolute Gasteiger partial charge is 0.310 e. The third kappa shape index (κ3) is 15.2. The number of hydrogen-bond acceptors (Lipinski definition) is 8. The van der Waals surface area contributed by atoms with Gasteiger partial charge in [0.15, 0.2) is 6.10 Å². The summed E-state index contributed by atoms with van der Waals surface area (Å²) in [7, 11) is 1.19. The summed E-state index contributed by atoms with van der Waals surface area (Å²) in [5.41, 5.74) is 0. The van der Waals surface area contributed by atoms with Crippen molar-refractivity contribution in [3.63, 3.8) is 0 Å². The number of aliphatic hydroxyl groups is 3. The van der Waals surface area contributed by atoms with Crippen LogP contribution in [0.25, 0.3) is 0 Å². The zero-order chi connectivity index (χ0) is 30.6. The first-order chi connectivity index (χ1) is 19.6. The standard InChI is InChI=1S/C31H56N2O8/c1-5-6-7-8-9-10-11-12-13-14-15-20-41-31(39)23-17-18-24(29(37)32-21-23)33-30(38)28(40-4)27(36)26(35)25(34)19-16-22(2)3/h16,19,22-28,34-36H,5-15,17-18,20-21H2,1-4H3,(H,32,37)(H,33,38)/b19-16+/t23?,24?,25-,26+,27-,28-/m1/s1. The normalized spacial score (nSPS) is 20.7. The van der Waals surface area contributed by atoms with Crippen molar-refractivity contribution < 1.29 is 39.2 Å². The highest BCUT2D eigenvalue weighted by atomic mass is 16.5. The van der Waals surface area contributed by atoms with Crippen LogP contribution in [0, 0.1) is 11.8 Å². The zero-order valence-corrected chi connectivity index (χ0v) is 25.7. The molecule has 10 nitrogen and oxygen atoms in total. The van der Waals surface area contributed by atoms with Crippen LogP contribution in [0.1, 0.15) is 104 Å². The van der Waals surface area contributed by atoms with Crippen molar-refractivity contribution in [1.29, 1.82) is 0 Å². The van der Waals surface area contributed by atoms with Crippen LogP contribution in [0.4, 0.5) is 0 Å². The third-order valence-electron chi connectivity index (χ3n) is 7.50. The van der Waals surface area contributed by atoms with Gasteiger partial charge >= 0.3 is 5.97 Å². The molecule has 41 heavy (non-hydrogen) atoms. The van der Waals surface area contributed by atoms with E-state index >= 15 is 0 Å². The Kier molecular flexibility index (Phi) is 19.6. The fourth-order valence-electron chi connectivity index (χ4n) is 4.83. The van der Waals surface area contributed by atoms with Crippen LogP contribution in [-0.2, 0) is 23.9 Å². The van der Waals surface area contributed by atoms with Crippen molar-refractivity contribution >= 4 is 17.8 Å². The number of aliphatic hydroxyl groups excluding tert-OH is 3. The molecular weight excluding hydrogens is 528 g/mol. The molecule has 1 rings (SSSR count). The second-order valence-corrected chi connectivity index (χ2v) is 11.5. The molecule has 10 heteroatoms. The van der Waals surface area contributed by atoms with Gasteiger partial charge in [0.2, 0.25) is 5.91 Å². The Morgan fingerprint density at radius 3 is 2.07 bits per heavy atom. The van der Waals surface area contributed by atoms with E-state index in [-0.39, 0.29) is 24.9 Å². The number of methoxy groups -OCH3 is 1. The van der Waals surface area contributed by atoms with Crippen molar-refractivity contribution in [3.05, 3.63) is 12.2 Å². The van der Waals surface area contributed by atoms with E-state index in [1.165, 1.54) is 64.6 Å². The second-order valence-electron chi connectivity index (χ2n) is 11.5. The quantitative estimate of drug-likeness (QED) is 0.0783. The Morgan fingerprint density at radius 1 is 0.927 bits per heavy atom. The van der Waals surface area contributed by atoms with Gasteiger partial charge in [0.05, 0.1) is 12.5 Å². The molecule has 2 amide bonds. The molecule has 1 fully saturated rings. The van der Waals surface area contributed by atoms with Gasteiger partial charge < -0.3 is 35.4 Å². The van der Waals surface area contributed by atoms with E-state index in [1.54, 1.807) is 6.08 Å². The van der Waals surface area contributed by atoms with E-state index in [4.69, 9.17) is 9.47 Å². The van der Waals surface area contributed by atoms with E-state index in [9.17, 15) is 29.7 Å². The number of esters is 1. The predicted molar refractivity (Wildman–Crippen MR) is 158 cm³/mol. The number of amides is 2. The SMILES string of the molecule is CCCCCCCCCCCCCOC(=O)C1CCC(NC(=O)[C@H](OC)[C@H](O)[C@@H](O)[C@H](O)/C=C/C(C)C)C(=O)NC1. The number of rotatable bonds is 21. The molecule has 0 radical (unpaired) electrons. The molecule has 0 bridgehead atoms. The second kappa shape index (κ2) is 21.7. The fourth-order valence-corrected chi connectivity index (χ4v) is 4.83. The number of unbranched alkanes of at least 4 members (excludes halogenated alkanes) is 10. The maximum atomic E-state index is 12.8. The molecule has 1 aliphatic heterocycles. The van der Waals surface area contributed by atoms with Crippen molar-refractivity contribution in [1.82, 2.24) is 10.6 Å². The van der Waals surface area contributed by atoms with Gasteiger partial charge in [0, 0.05) is 13.7 Å². The summed E-state index contributed by atoms with van der Waals surface area (Å²) in [6, 6.07) is -0.945. The predicted octanol–water partition coefficient (Wildman–Crippen LogP) is 3.16. The first-order valence-corrected chi connectivity index (χ1v) is 15.6. The summed E-state index contributed by atoms with van der Waals surface area (Å²) < 4.78 is 10.5. The van der Waals surface area contributed by atoms with Crippen molar-refractivity contribution in [3.8, 4) is 0 Å². The lowest BCUT2D eigenvalue weighted by molar-refractivity contribution is -0.150. The molecule has 238 valence electrons. The Morgan fingerprint density at radius 2 is 1.51 bits per heavy atom. The first kappa shape index (κ1) is 37.0. The lowest BCUT2D eigenvalue weighted by Gasteiger charge is -2.28. The molecule has 0 aromatic carbocycles. The lowest BCUT2D eigenvalue weighted by atomic mass is 9.99. The lowest BCUT2D eigenvalue weighted by Crippen LogP contribution is -2.55. The van der Waals surface area contributed by atoms with Gasteiger partial charge in [-0.2, -0.15) is 0 Å². The van der Waals surface area contributed by atoms with Crippen LogP contribution in [0.3, 0.4) is 0 Å². The van der Waals surface area contributed by atoms with Crippen LogP contribution in [0.15, 0.2) is 12.2 Å². The van der Waals surface area contributed by atoms with E-state index in [2.05, 4.69) is 17.6 Å². The summed E-state index contributed by atoms with van der Waals surface area (Å²) in [6.45, 7) is 6.48. The Bertz CT molecular complexity index is 775. The van der Waals surface area contributed by atoms with Gasteiger partial charge in [-0.05, 0) is 25.2 Å². The molecule has 1 heterocycles. The van der Waals surface area contributed by atoms with Crippen LogP contribution >= 0.6 is 0 Å². The van der Waals surface area contributed by atoms with Crippen LogP contribution < -0.4 is 10.6 Å². The van der Waals surface area contributed by atoms with Crippen LogP contribution in [0.5, 0.6) is 0 Å². The highest BCUT2D eigenvalue weighted by molar-refractivity contribution is 5.90. The molecule has 0 aromatic heterocycles. The number of nitrogens with one attached hydrogen (secondary N) is 2. The molecule has 0 saturated carbocycles. The molecule has 1 saturated heterocycles. The molecular formula is C31H56N2O8. The van der Waals surface area contributed by atoms with Gasteiger partial charge in [0.1, 0.15) is 24.4 Å². The maximum Gasteiger partial charge on any atom is 0.310 e. The topological polar surface area (TPSA) is 154 Å². The minimum atomic E-state index is -1.74. The molecule has 0 aromatic rings. The number of allylic oxidation sites excluding steroid dienone is 1. The summed E-state index contributed by atoms with van der Waals surface area (Å²) in [5, 5.41) is 36.1. The minimum Gasteiger partial charge on any atom is -0.465 e. The van der Waals surface area contributed by atoms with Gasteiger partial charge in [0.25, 0.3) is 5.91 Å². The van der Waals surface area contributed by atoms with Gasteiger partial charge in [-0.15, -0.1) is 0 Å². The van der Waals surface area contributed by atoms with E-state index < -0.39 is 48.2 Å². The summed E-state index contributed by atoms with van der Waals surface area (Å²) in [4.78, 5) is 38.0. The van der Waals surface area contributed by atoms with Crippen LogP contribution in [-0.4, -0.2) is 83.8 Å². The van der Waals surface area contributed by atoms with Gasteiger partial charge in [-0.3, -0.25) is 14.4 Å². The Balaban J connectivity index is 2.39. The van der Waals surface area contributed by atoms with Gasteiger partial charge in [-0.1, -0.05) is 97.1 Å². The third-order valence-corrected chi connectivity index (χ3v) is 7.50. The molecule has 5 N–H and O–H groups in total. The maximum absolute atomic E-state index is 12.8. The zero-order valence-electron chi connectivity index (χ0n) is 25.7. The number of carbonyl (C=O) groups is 3. The van der Waals surface area contributed by atoms with Crippen molar-refractivity contribution in [2.75, 3.05) is 20.3 Å². The van der Waals surface area contributed by atoms with Gasteiger partial charge in [-0.25, -0.2) is 0 Å².